The van der Waals surface area contributed by atoms with E-state index in [0.717, 1.165) is 127 Å². The van der Waals surface area contributed by atoms with Crippen LogP contribution in [0.3, 0.4) is 0 Å². The predicted molar refractivity (Wildman–Crippen MR) is 360 cm³/mol. The van der Waals surface area contributed by atoms with Crippen molar-refractivity contribution in [1.29, 1.82) is 15.8 Å². The van der Waals surface area contributed by atoms with Crippen molar-refractivity contribution in [1.82, 2.24) is 13.7 Å². The summed E-state index contributed by atoms with van der Waals surface area (Å²) in [6.07, 6.45) is 2.94. The fraction of sp³-hybridized carbons (Fsp3) is 0.0366. The zero-order valence-electron chi connectivity index (χ0n) is 48.0. The van der Waals surface area contributed by atoms with Gasteiger partial charge in [-0.25, -0.2) is 0 Å². The Morgan fingerprint density at radius 2 is 0.557 bits per heavy atom. The number of benzene rings is 12. The standard InChI is InChI=1S/C82H52N6/c1-52-42-79-70(48-64(52)58-30-18-7-19-31-58)69-47-63(57-28-16-6-17-29-57)36-41-78(69)88(79)82-72(50-84)80(86-74-37-32-59(53-20-8-2-9-21-53)43-65(74)66-44-60(33-38-75(66)86)54-22-10-3-11-23-54)71(49-83)81(73(82)51-85)87-76-39-34-61(55-24-12-4-13-25-55)45-67(76)68-46-62(35-40-77(68)87)56-26-14-5-15-27-56/h2-41,43-48,52H,42H2,1H3. The van der Waals surface area contributed by atoms with Crippen molar-refractivity contribution >= 4 is 66.2 Å². The molecule has 0 bridgehead atoms. The van der Waals surface area contributed by atoms with Gasteiger partial charge < -0.3 is 13.7 Å². The molecule has 1 aliphatic rings. The van der Waals surface area contributed by atoms with Gasteiger partial charge in [0.05, 0.1) is 44.6 Å². The smallest absolute Gasteiger partial charge is 0.104 e. The molecule has 0 fully saturated rings. The fourth-order valence-corrected chi connectivity index (χ4v) is 14.0. The van der Waals surface area contributed by atoms with Gasteiger partial charge in [-0.15, -0.1) is 0 Å². The quantitative estimate of drug-likeness (QED) is 0.144. The van der Waals surface area contributed by atoms with Gasteiger partial charge in [0.25, 0.3) is 0 Å². The molecule has 88 heavy (non-hydrogen) atoms. The number of hydrogen-bond acceptors (Lipinski definition) is 3. The van der Waals surface area contributed by atoms with E-state index in [2.05, 4.69) is 288 Å². The molecular weight excluding hydrogens is 1070 g/mol. The second-order valence-corrected chi connectivity index (χ2v) is 22.9. The molecule has 0 N–H and O–H groups in total. The molecule has 3 aromatic heterocycles. The second-order valence-electron chi connectivity index (χ2n) is 22.9. The van der Waals surface area contributed by atoms with Crippen molar-refractivity contribution in [3.8, 4) is 90.9 Å². The first-order chi connectivity index (χ1) is 43.5. The summed E-state index contributed by atoms with van der Waals surface area (Å²) >= 11 is 0. The number of aromatic nitrogens is 3. The van der Waals surface area contributed by atoms with E-state index in [1.807, 2.05) is 30.3 Å². The van der Waals surface area contributed by atoms with E-state index < -0.39 is 0 Å². The first kappa shape index (κ1) is 51.6. The fourth-order valence-electron chi connectivity index (χ4n) is 14.0. The third kappa shape index (κ3) is 8.22. The van der Waals surface area contributed by atoms with E-state index in [0.29, 0.717) is 23.5 Å². The lowest BCUT2D eigenvalue weighted by Gasteiger charge is -2.26. The molecule has 16 rings (SSSR count). The minimum absolute atomic E-state index is 0.0462. The van der Waals surface area contributed by atoms with Crippen LogP contribution in [-0.4, -0.2) is 13.7 Å². The number of fused-ring (bicyclic) bond motifs is 9. The van der Waals surface area contributed by atoms with Gasteiger partial charge in [-0.3, -0.25) is 0 Å². The summed E-state index contributed by atoms with van der Waals surface area (Å²) in [4.78, 5) is 0. The average molecular weight is 1120 g/mol. The van der Waals surface area contributed by atoms with Crippen LogP contribution in [0.1, 0.15) is 40.4 Å². The van der Waals surface area contributed by atoms with Gasteiger partial charge in [0, 0.05) is 38.2 Å². The maximum Gasteiger partial charge on any atom is 0.104 e. The molecule has 410 valence electrons. The lowest BCUT2D eigenvalue weighted by molar-refractivity contribution is 0.707. The highest BCUT2D eigenvalue weighted by atomic mass is 15.1. The molecule has 3 heterocycles. The highest BCUT2D eigenvalue weighted by Crippen LogP contribution is 2.49. The number of hydrogen-bond donors (Lipinski definition) is 0. The topological polar surface area (TPSA) is 86.2 Å². The molecule has 1 aliphatic carbocycles. The van der Waals surface area contributed by atoms with Crippen LogP contribution in [0.15, 0.2) is 273 Å². The summed E-state index contributed by atoms with van der Waals surface area (Å²) in [6.45, 7) is 2.27. The SMILES string of the molecule is CC1Cc2c(c3cc(-c4ccccc4)ccc3n2-c2c(C#N)c(-n3c4ccc(-c5ccccc5)cc4c4cc(-c5ccccc5)ccc43)c(C#N)c(-n3c4ccc(-c5ccccc5)cc4c4cc(-c5ccccc5)ccc43)c2C#N)C=C1c1ccccc1. The van der Waals surface area contributed by atoms with Crippen molar-refractivity contribution in [2.24, 2.45) is 5.92 Å². The van der Waals surface area contributed by atoms with E-state index >= 15 is 0 Å². The van der Waals surface area contributed by atoms with E-state index in [-0.39, 0.29) is 22.6 Å². The van der Waals surface area contributed by atoms with Gasteiger partial charge in [-0.1, -0.05) is 219 Å². The Bertz CT molecular complexity index is 5040. The first-order valence-electron chi connectivity index (χ1n) is 29.8. The third-order valence-corrected chi connectivity index (χ3v) is 18.0. The Balaban J connectivity index is 1.09. The normalized spacial score (nSPS) is 12.9. The zero-order valence-corrected chi connectivity index (χ0v) is 48.0. The molecule has 0 spiro atoms. The van der Waals surface area contributed by atoms with Crippen LogP contribution in [0.4, 0.5) is 0 Å². The van der Waals surface area contributed by atoms with E-state index in [4.69, 9.17) is 0 Å². The van der Waals surface area contributed by atoms with Crippen molar-refractivity contribution in [2.45, 2.75) is 13.3 Å². The number of nitriles is 3. The summed E-state index contributed by atoms with van der Waals surface area (Å²) < 4.78 is 6.48. The molecule has 1 unspecified atom stereocenters. The lowest BCUT2D eigenvalue weighted by Crippen LogP contribution is -2.17. The molecule has 6 nitrogen and oxygen atoms in total. The molecule has 15 aromatic rings. The van der Waals surface area contributed by atoms with Gasteiger partial charge in [0.15, 0.2) is 0 Å². The van der Waals surface area contributed by atoms with Gasteiger partial charge in [-0.2, -0.15) is 15.8 Å². The Morgan fingerprint density at radius 1 is 0.295 bits per heavy atom. The summed E-state index contributed by atoms with van der Waals surface area (Å²) in [5.74, 6) is 0.0462. The summed E-state index contributed by atoms with van der Waals surface area (Å²) in [5, 5.41) is 42.3. The predicted octanol–water partition coefficient (Wildman–Crippen LogP) is 20.5. The molecule has 6 heteroatoms. The number of nitrogens with zero attached hydrogens (tertiary/aromatic N) is 6. The second kappa shape index (κ2) is 20.9. The molecule has 0 saturated heterocycles. The molecular formula is C82H52N6. The number of allylic oxidation sites excluding steroid dienone is 1. The van der Waals surface area contributed by atoms with Crippen LogP contribution >= 0.6 is 0 Å². The van der Waals surface area contributed by atoms with Crippen LogP contribution in [0.5, 0.6) is 0 Å². The monoisotopic (exact) mass is 1120 g/mol. The van der Waals surface area contributed by atoms with E-state index in [9.17, 15) is 15.8 Å². The largest absolute Gasteiger partial charge is 0.310 e. The van der Waals surface area contributed by atoms with Crippen LogP contribution in [-0.2, 0) is 6.42 Å². The molecule has 1 atom stereocenters. The van der Waals surface area contributed by atoms with Crippen molar-refractivity contribution in [3.63, 3.8) is 0 Å². The van der Waals surface area contributed by atoms with E-state index in [1.165, 1.54) is 5.57 Å². The van der Waals surface area contributed by atoms with Crippen LogP contribution in [0.2, 0.25) is 0 Å². The Hall–Kier alpha value is -12.0. The zero-order chi connectivity index (χ0) is 59.0. The minimum Gasteiger partial charge on any atom is -0.310 e. The van der Waals surface area contributed by atoms with Crippen molar-refractivity contribution in [2.75, 3.05) is 0 Å². The first-order valence-corrected chi connectivity index (χ1v) is 29.8. The summed E-state index contributed by atoms with van der Waals surface area (Å²) in [7, 11) is 0. The molecule has 0 amide bonds. The Kier molecular flexibility index (Phi) is 12.3. The summed E-state index contributed by atoms with van der Waals surface area (Å²) in [5.41, 5.74) is 20.8. The molecule has 0 radical (unpaired) electrons. The maximum absolute atomic E-state index is 12.5. The highest BCUT2D eigenvalue weighted by molar-refractivity contribution is 6.15. The maximum atomic E-state index is 12.5. The van der Waals surface area contributed by atoms with E-state index in [1.54, 1.807) is 0 Å². The lowest BCUT2D eigenvalue weighted by atomic mass is 9.83. The Morgan fingerprint density at radius 3 is 0.852 bits per heavy atom. The minimum atomic E-state index is 0.0462. The average Bonchev–Trinajstić information content (AvgIpc) is 1.60. The van der Waals surface area contributed by atoms with Gasteiger partial charge in [0.1, 0.15) is 34.9 Å². The van der Waals surface area contributed by atoms with Crippen LogP contribution in [0, 0.1) is 39.9 Å². The van der Waals surface area contributed by atoms with Gasteiger partial charge in [-0.05, 0) is 146 Å². The molecule has 0 aliphatic heterocycles. The molecule has 12 aromatic carbocycles. The van der Waals surface area contributed by atoms with Gasteiger partial charge in [0.2, 0.25) is 0 Å². The van der Waals surface area contributed by atoms with Crippen molar-refractivity contribution < 1.29 is 0 Å². The van der Waals surface area contributed by atoms with Crippen molar-refractivity contribution in [3.05, 3.63) is 306 Å². The molecule has 0 saturated carbocycles. The van der Waals surface area contributed by atoms with Gasteiger partial charge >= 0.3 is 0 Å². The van der Waals surface area contributed by atoms with Crippen LogP contribution in [0.25, 0.3) is 139 Å². The Labute approximate surface area is 509 Å². The van der Waals surface area contributed by atoms with Crippen LogP contribution < -0.4 is 0 Å². The third-order valence-electron chi connectivity index (χ3n) is 18.0. The highest BCUT2D eigenvalue weighted by Gasteiger charge is 2.35. The summed E-state index contributed by atoms with van der Waals surface area (Å²) in [6, 6.07) is 103. The number of rotatable bonds is 9.